The Kier molecular flexibility index (Phi) is 5.38. The van der Waals surface area contributed by atoms with Gasteiger partial charge in [0.2, 0.25) is 5.91 Å². The first-order valence-corrected chi connectivity index (χ1v) is 7.20. The second kappa shape index (κ2) is 6.31. The molecule has 1 atom stereocenters. The molecule has 116 valence electrons. The molecule has 8 heteroatoms. The summed E-state index contributed by atoms with van der Waals surface area (Å²) in [5.41, 5.74) is 3.60. The minimum atomic E-state index is -4.50. The van der Waals surface area contributed by atoms with Crippen LogP contribution in [0.4, 0.5) is 18.9 Å². The summed E-state index contributed by atoms with van der Waals surface area (Å²) in [5, 5.41) is 2.43. The fourth-order valence-electron chi connectivity index (χ4n) is 1.54. The zero-order chi connectivity index (χ0) is 16.4. The molecule has 0 aliphatic rings. The maximum atomic E-state index is 12.7. The number of hydrogen-bond donors (Lipinski definition) is 2. The molecule has 3 N–H and O–H groups in total. The number of alkyl halides is 3. The average molecular weight is 383 g/mol. The van der Waals surface area contributed by atoms with Crippen LogP contribution in [0.3, 0.4) is 0 Å². The molecule has 21 heavy (non-hydrogen) atoms. The fraction of sp³-hybridized carbons (Fsp3) is 0.385. The van der Waals surface area contributed by atoms with Crippen LogP contribution in [0.1, 0.15) is 25.8 Å². The zero-order valence-electron chi connectivity index (χ0n) is 11.3. The molecule has 0 aliphatic heterocycles. The van der Waals surface area contributed by atoms with Crippen LogP contribution in [0.2, 0.25) is 0 Å². The van der Waals surface area contributed by atoms with Gasteiger partial charge in [-0.25, -0.2) is 0 Å². The largest absolute Gasteiger partial charge is 0.416 e. The predicted molar refractivity (Wildman–Crippen MR) is 83.0 cm³/mol. The SMILES string of the molecule is CCC(C)(C(=O)Nc1cc(Br)cc(C(F)(F)F)c1)C(N)=S. The summed E-state index contributed by atoms with van der Waals surface area (Å²) in [6, 6.07) is 3.17. The number of thiocarbonyl (C=S) groups is 1. The minimum Gasteiger partial charge on any atom is -0.392 e. The molecule has 0 radical (unpaired) electrons. The van der Waals surface area contributed by atoms with Crippen LogP contribution in [-0.4, -0.2) is 10.9 Å². The minimum absolute atomic E-state index is 0.00598. The summed E-state index contributed by atoms with van der Waals surface area (Å²) in [7, 11) is 0. The van der Waals surface area contributed by atoms with Gasteiger partial charge in [-0.05, 0) is 31.5 Å². The van der Waals surface area contributed by atoms with Crippen LogP contribution in [0.25, 0.3) is 0 Å². The Hall–Kier alpha value is -1.15. The number of rotatable bonds is 4. The summed E-state index contributed by atoms with van der Waals surface area (Å²) in [4.78, 5) is 12.2. The van der Waals surface area contributed by atoms with E-state index >= 15 is 0 Å². The lowest BCUT2D eigenvalue weighted by Gasteiger charge is -2.25. The highest BCUT2D eigenvalue weighted by Crippen LogP contribution is 2.34. The first-order chi connectivity index (χ1) is 9.50. The Morgan fingerprint density at radius 2 is 1.95 bits per heavy atom. The van der Waals surface area contributed by atoms with E-state index in [-0.39, 0.29) is 15.1 Å². The highest BCUT2D eigenvalue weighted by molar-refractivity contribution is 9.10. The molecule has 0 aromatic heterocycles. The molecule has 0 spiro atoms. The lowest BCUT2D eigenvalue weighted by atomic mass is 9.86. The Morgan fingerprint density at radius 3 is 2.38 bits per heavy atom. The second-order valence-corrected chi connectivity index (χ2v) is 6.09. The smallest absolute Gasteiger partial charge is 0.392 e. The summed E-state index contributed by atoms with van der Waals surface area (Å²) < 4.78 is 38.4. The summed E-state index contributed by atoms with van der Waals surface area (Å²) in [6.45, 7) is 3.27. The van der Waals surface area contributed by atoms with Crippen molar-refractivity contribution in [1.82, 2.24) is 0 Å². The van der Waals surface area contributed by atoms with E-state index in [9.17, 15) is 18.0 Å². The van der Waals surface area contributed by atoms with E-state index in [1.165, 1.54) is 6.07 Å². The number of hydrogen-bond acceptors (Lipinski definition) is 2. The quantitative estimate of drug-likeness (QED) is 0.770. The maximum Gasteiger partial charge on any atom is 0.416 e. The van der Waals surface area contributed by atoms with Gasteiger partial charge >= 0.3 is 6.18 Å². The molecule has 0 aliphatic carbocycles. The van der Waals surface area contributed by atoms with Crippen LogP contribution in [0.5, 0.6) is 0 Å². The van der Waals surface area contributed by atoms with Crippen molar-refractivity contribution in [2.75, 3.05) is 5.32 Å². The molecule has 1 aromatic rings. The first-order valence-electron chi connectivity index (χ1n) is 6.00. The van der Waals surface area contributed by atoms with Gasteiger partial charge in [0.05, 0.1) is 16.0 Å². The molecule has 0 saturated carbocycles. The lowest BCUT2D eigenvalue weighted by Crippen LogP contribution is -2.43. The summed E-state index contributed by atoms with van der Waals surface area (Å²) >= 11 is 7.85. The van der Waals surface area contributed by atoms with E-state index in [1.54, 1.807) is 13.8 Å². The zero-order valence-corrected chi connectivity index (χ0v) is 13.7. The molecule has 0 bridgehead atoms. The van der Waals surface area contributed by atoms with Gasteiger partial charge in [-0.15, -0.1) is 0 Å². The van der Waals surface area contributed by atoms with Crippen molar-refractivity contribution >= 4 is 44.7 Å². The van der Waals surface area contributed by atoms with Gasteiger partial charge in [0.25, 0.3) is 0 Å². The molecule has 0 fully saturated rings. The number of anilines is 1. The third-order valence-corrected chi connectivity index (χ3v) is 4.14. The Bertz CT molecular complexity index is 577. The normalized spacial score (nSPS) is 14.4. The highest BCUT2D eigenvalue weighted by Gasteiger charge is 2.35. The number of amides is 1. The van der Waals surface area contributed by atoms with Crippen molar-refractivity contribution in [3.63, 3.8) is 0 Å². The van der Waals surface area contributed by atoms with Crippen LogP contribution >= 0.6 is 28.1 Å². The van der Waals surface area contributed by atoms with Gasteiger partial charge in [-0.1, -0.05) is 35.1 Å². The molecule has 0 heterocycles. The predicted octanol–water partition coefficient (Wildman–Crippen LogP) is 4.11. The second-order valence-electron chi connectivity index (χ2n) is 4.73. The molecule has 1 rings (SSSR count). The molecular weight excluding hydrogens is 369 g/mol. The topological polar surface area (TPSA) is 55.1 Å². The van der Waals surface area contributed by atoms with Crippen molar-refractivity contribution in [1.29, 1.82) is 0 Å². The van der Waals surface area contributed by atoms with E-state index in [4.69, 9.17) is 18.0 Å². The Morgan fingerprint density at radius 1 is 1.38 bits per heavy atom. The van der Waals surface area contributed by atoms with Crippen molar-refractivity contribution in [2.24, 2.45) is 11.1 Å². The van der Waals surface area contributed by atoms with Gasteiger partial charge in [0.15, 0.2) is 0 Å². The summed E-state index contributed by atoms with van der Waals surface area (Å²) in [6.07, 6.45) is -4.16. The highest BCUT2D eigenvalue weighted by atomic mass is 79.9. The first kappa shape index (κ1) is 17.9. The number of carbonyl (C=O) groups excluding carboxylic acids is 1. The molecule has 1 unspecified atom stereocenters. The van der Waals surface area contributed by atoms with Gasteiger partial charge in [-0.3, -0.25) is 4.79 Å². The fourth-order valence-corrected chi connectivity index (χ4v) is 2.27. The van der Waals surface area contributed by atoms with E-state index < -0.39 is 23.1 Å². The van der Waals surface area contributed by atoms with Crippen molar-refractivity contribution in [3.8, 4) is 0 Å². The molecule has 1 aromatic carbocycles. The number of benzene rings is 1. The van der Waals surface area contributed by atoms with E-state index in [0.29, 0.717) is 6.42 Å². The maximum absolute atomic E-state index is 12.7. The van der Waals surface area contributed by atoms with E-state index in [1.807, 2.05) is 0 Å². The molecule has 0 saturated heterocycles. The number of carbonyl (C=O) groups is 1. The number of nitrogens with two attached hydrogens (primary N) is 1. The van der Waals surface area contributed by atoms with Crippen molar-refractivity contribution < 1.29 is 18.0 Å². The Labute approximate surface area is 134 Å². The number of nitrogens with one attached hydrogen (secondary N) is 1. The van der Waals surface area contributed by atoms with Gasteiger partial charge in [0.1, 0.15) is 0 Å². The standard InChI is InChI=1S/C13H14BrF3N2OS/c1-3-12(2,10(18)21)11(20)19-9-5-7(13(15,16)17)4-8(14)6-9/h4-6H,3H2,1-2H3,(H2,18,21)(H,19,20). The third-order valence-electron chi connectivity index (χ3n) is 3.24. The number of halogens is 4. The van der Waals surface area contributed by atoms with Crippen molar-refractivity contribution in [2.45, 2.75) is 26.4 Å². The monoisotopic (exact) mass is 382 g/mol. The lowest BCUT2D eigenvalue weighted by molar-refractivity contribution is -0.137. The average Bonchev–Trinajstić information content (AvgIpc) is 2.35. The molecule has 1 amide bonds. The van der Waals surface area contributed by atoms with Gasteiger partial charge in [0, 0.05) is 10.2 Å². The summed E-state index contributed by atoms with van der Waals surface area (Å²) in [5.74, 6) is -0.538. The van der Waals surface area contributed by atoms with Gasteiger partial charge in [-0.2, -0.15) is 13.2 Å². The van der Waals surface area contributed by atoms with Crippen LogP contribution in [-0.2, 0) is 11.0 Å². The van der Waals surface area contributed by atoms with Gasteiger partial charge < -0.3 is 11.1 Å². The third kappa shape index (κ3) is 4.16. The van der Waals surface area contributed by atoms with E-state index in [2.05, 4.69) is 21.2 Å². The van der Waals surface area contributed by atoms with Crippen LogP contribution in [0, 0.1) is 5.41 Å². The van der Waals surface area contributed by atoms with E-state index in [0.717, 1.165) is 12.1 Å². The van der Waals surface area contributed by atoms with Crippen LogP contribution < -0.4 is 11.1 Å². The van der Waals surface area contributed by atoms with Crippen LogP contribution in [0.15, 0.2) is 22.7 Å². The van der Waals surface area contributed by atoms with Crippen molar-refractivity contribution in [3.05, 3.63) is 28.2 Å². The molecular formula is C13H14BrF3N2OS. The molecule has 3 nitrogen and oxygen atoms in total. The Balaban J connectivity index is 3.12.